The van der Waals surface area contributed by atoms with E-state index in [9.17, 15) is 19.8 Å². The summed E-state index contributed by atoms with van der Waals surface area (Å²) in [6.07, 6.45) is 5.22. The zero-order chi connectivity index (χ0) is 19.3. The molecule has 1 heterocycles. The molecule has 0 bridgehead atoms. The number of ketones is 1. The number of esters is 1. The number of methoxy groups -OCH3 is 1. The second kappa shape index (κ2) is 9.89. The molecular weight excluding hydrogens is 352 g/mol. The molecule has 7 nitrogen and oxygen atoms in total. The first kappa shape index (κ1) is 22.4. The summed E-state index contributed by atoms with van der Waals surface area (Å²) in [6.45, 7) is 3.53. The fourth-order valence-electron chi connectivity index (χ4n) is 2.58. The van der Waals surface area contributed by atoms with Crippen LogP contribution < -0.4 is 4.74 Å². The Morgan fingerprint density at radius 2 is 1.89 bits per heavy atom. The predicted octanol–water partition coefficient (Wildman–Crippen LogP) is 2.05. The van der Waals surface area contributed by atoms with Gasteiger partial charge in [-0.15, -0.1) is 0 Å². The average molecular weight is 378 g/mol. The number of phenolic OH excluding ortho intramolecular Hbond substituents is 1. The lowest BCUT2D eigenvalue weighted by molar-refractivity contribution is -0.116. The molecule has 0 saturated heterocycles. The number of aliphatic hydroxyl groups is 1. The third-order valence-corrected chi connectivity index (χ3v) is 4.32. The summed E-state index contributed by atoms with van der Waals surface area (Å²) in [5, 5.41) is 20.3. The van der Waals surface area contributed by atoms with Crippen molar-refractivity contribution < 1.29 is 34.8 Å². The van der Waals surface area contributed by atoms with Crippen LogP contribution in [0.1, 0.15) is 42.6 Å². The standard InChI is InChI=1S/C20H24O6.H2O/c1-12-7-8-16(22)10-15(21)6-4-5-14-9-17(25-3)11-18(23)19(14)20(24)26-13(12)2;/h4-5,7-9,11-13,15,21,23H,6,10H2,1-3H3;1H2/b5-4+,8-7-;/t12-,13-,15-;/m0./s1. The second-order valence-corrected chi connectivity index (χ2v) is 6.40. The van der Waals surface area contributed by atoms with E-state index in [1.165, 1.54) is 19.3 Å². The van der Waals surface area contributed by atoms with E-state index < -0.39 is 18.2 Å². The summed E-state index contributed by atoms with van der Waals surface area (Å²) in [5.74, 6) is -0.913. The van der Waals surface area contributed by atoms with Crippen LogP contribution in [0.15, 0.2) is 30.4 Å². The van der Waals surface area contributed by atoms with Crippen LogP contribution in [0.5, 0.6) is 11.5 Å². The molecule has 0 unspecified atom stereocenters. The zero-order valence-electron chi connectivity index (χ0n) is 15.6. The van der Waals surface area contributed by atoms with Crippen molar-refractivity contribution in [2.75, 3.05) is 7.11 Å². The molecule has 0 saturated carbocycles. The molecule has 0 aliphatic carbocycles. The van der Waals surface area contributed by atoms with Gasteiger partial charge >= 0.3 is 5.97 Å². The van der Waals surface area contributed by atoms with Crippen molar-refractivity contribution in [3.63, 3.8) is 0 Å². The summed E-state index contributed by atoms with van der Waals surface area (Å²) in [6, 6.07) is 2.95. The maximum Gasteiger partial charge on any atom is 0.342 e. The molecule has 1 aromatic carbocycles. The first-order valence-corrected chi connectivity index (χ1v) is 8.49. The van der Waals surface area contributed by atoms with Crippen LogP contribution in [0.25, 0.3) is 6.08 Å². The Balaban J connectivity index is 0.00000364. The summed E-state index contributed by atoms with van der Waals surface area (Å²) in [7, 11) is 1.46. The molecule has 1 aliphatic heterocycles. The molecule has 3 atom stereocenters. The lowest BCUT2D eigenvalue weighted by Crippen LogP contribution is -2.22. The van der Waals surface area contributed by atoms with Gasteiger partial charge < -0.3 is 25.2 Å². The van der Waals surface area contributed by atoms with Gasteiger partial charge in [-0.1, -0.05) is 25.2 Å². The SMILES string of the molecule is COc1cc(O)c2c(c1)/C=C/C[C@H](O)CC(=O)/C=C\[C@H](C)[C@H](C)OC2=O.O. The summed E-state index contributed by atoms with van der Waals surface area (Å²) in [4.78, 5) is 24.5. The van der Waals surface area contributed by atoms with Gasteiger partial charge in [-0.3, -0.25) is 4.79 Å². The van der Waals surface area contributed by atoms with Gasteiger partial charge in [-0.2, -0.15) is 0 Å². The minimum Gasteiger partial charge on any atom is -0.507 e. The number of rotatable bonds is 1. The minimum absolute atomic E-state index is 0. The summed E-state index contributed by atoms with van der Waals surface area (Å²) in [5.41, 5.74) is 0.450. The van der Waals surface area contributed by atoms with E-state index in [1.54, 1.807) is 31.2 Å². The smallest absolute Gasteiger partial charge is 0.342 e. The first-order valence-electron chi connectivity index (χ1n) is 8.49. The van der Waals surface area contributed by atoms with Gasteiger partial charge in [0.05, 0.1) is 13.2 Å². The van der Waals surface area contributed by atoms with E-state index >= 15 is 0 Å². The Bertz CT molecular complexity index is 736. The number of ether oxygens (including phenoxy) is 2. The fourth-order valence-corrected chi connectivity index (χ4v) is 2.58. The number of carbonyl (C=O) groups is 2. The minimum atomic E-state index is -0.825. The van der Waals surface area contributed by atoms with Gasteiger partial charge in [0.15, 0.2) is 5.78 Å². The van der Waals surface area contributed by atoms with E-state index in [-0.39, 0.29) is 41.3 Å². The molecule has 0 radical (unpaired) electrons. The average Bonchev–Trinajstić information content (AvgIpc) is 2.58. The molecule has 2 rings (SSSR count). The number of carbonyl (C=O) groups excluding carboxylic acids is 2. The molecule has 27 heavy (non-hydrogen) atoms. The number of cyclic esters (lactones) is 1. The van der Waals surface area contributed by atoms with E-state index in [0.29, 0.717) is 11.3 Å². The predicted molar refractivity (Wildman–Crippen MR) is 101 cm³/mol. The second-order valence-electron chi connectivity index (χ2n) is 6.40. The third-order valence-electron chi connectivity index (χ3n) is 4.32. The van der Waals surface area contributed by atoms with Crippen LogP contribution in [0.2, 0.25) is 0 Å². The molecule has 7 heteroatoms. The first-order chi connectivity index (χ1) is 12.3. The number of aliphatic hydroxyl groups excluding tert-OH is 1. The molecule has 4 N–H and O–H groups in total. The van der Waals surface area contributed by atoms with E-state index in [0.717, 1.165) is 0 Å². The maximum atomic E-state index is 12.6. The molecule has 1 aromatic rings. The van der Waals surface area contributed by atoms with Crippen LogP contribution in [-0.2, 0) is 9.53 Å². The Kier molecular flexibility index (Phi) is 8.21. The molecule has 1 aliphatic rings. The molecule has 148 valence electrons. The van der Waals surface area contributed by atoms with Crippen LogP contribution in [-0.4, -0.2) is 46.8 Å². The number of hydrogen-bond acceptors (Lipinski definition) is 6. The van der Waals surface area contributed by atoms with Gasteiger partial charge in [0.2, 0.25) is 0 Å². The van der Waals surface area contributed by atoms with Crippen molar-refractivity contribution >= 4 is 17.8 Å². The number of benzene rings is 1. The number of aromatic hydroxyl groups is 1. The normalized spacial score (nSPS) is 26.0. The van der Waals surface area contributed by atoms with E-state index in [1.807, 2.05) is 6.92 Å². The maximum absolute atomic E-state index is 12.6. The number of fused-ring (bicyclic) bond motifs is 1. The number of phenols is 1. The Hall–Kier alpha value is -2.64. The van der Waals surface area contributed by atoms with Crippen LogP contribution >= 0.6 is 0 Å². The highest BCUT2D eigenvalue weighted by Crippen LogP contribution is 2.30. The highest BCUT2D eigenvalue weighted by Gasteiger charge is 2.23. The van der Waals surface area contributed by atoms with Crippen molar-refractivity contribution in [1.82, 2.24) is 0 Å². The van der Waals surface area contributed by atoms with Crippen LogP contribution in [0.3, 0.4) is 0 Å². The molecule has 0 spiro atoms. The van der Waals surface area contributed by atoms with E-state index in [2.05, 4.69) is 0 Å². The van der Waals surface area contributed by atoms with Gasteiger partial charge in [0.25, 0.3) is 0 Å². The molecule has 0 aromatic heterocycles. The topological polar surface area (TPSA) is 125 Å². The Morgan fingerprint density at radius 3 is 2.56 bits per heavy atom. The molecule has 0 fully saturated rings. The van der Waals surface area contributed by atoms with Gasteiger partial charge in [-0.25, -0.2) is 4.79 Å². The van der Waals surface area contributed by atoms with Crippen molar-refractivity contribution in [2.45, 2.75) is 38.9 Å². The fraction of sp³-hybridized carbons (Fsp3) is 0.400. The molecular formula is C20H26O7. The van der Waals surface area contributed by atoms with E-state index in [4.69, 9.17) is 9.47 Å². The van der Waals surface area contributed by atoms with Crippen molar-refractivity contribution in [2.24, 2.45) is 5.92 Å². The number of allylic oxidation sites excluding steroid dienone is 1. The lowest BCUT2D eigenvalue weighted by atomic mass is 10.0. The highest BCUT2D eigenvalue weighted by atomic mass is 16.5. The van der Waals surface area contributed by atoms with Crippen molar-refractivity contribution in [1.29, 1.82) is 0 Å². The van der Waals surface area contributed by atoms with Crippen LogP contribution in [0.4, 0.5) is 0 Å². The zero-order valence-corrected chi connectivity index (χ0v) is 15.6. The monoisotopic (exact) mass is 378 g/mol. The third kappa shape index (κ3) is 5.94. The van der Waals surface area contributed by atoms with Crippen molar-refractivity contribution in [3.8, 4) is 11.5 Å². The van der Waals surface area contributed by atoms with Crippen LogP contribution in [0, 0.1) is 5.92 Å². The summed E-state index contributed by atoms with van der Waals surface area (Å²) < 4.78 is 10.6. The van der Waals surface area contributed by atoms with Crippen molar-refractivity contribution in [3.05, 3.63) is 41.5 Å². The Labute approximate surface area is 158 Å². The molecule has 0 amide bonds. The van der Waals surface area contributed by atoms with Gasteiger partial charge in [-0.05, 0) is 31.1 Å². The summed E-state index contributed by atoms with van der Waals surface area (Å²) >= 11 is 0. The largest absolute Gasteiger partial charge is 0.507 e. The quantitative estimate of drug-likeness (QED) is 0.721. The number of hydrogen-bond donors (Lipinski definition) is 2. The highest BCUT2D eigenvalue weighted by molar-refractivity contribution is 5.97. The van der Waals surface area contributed by atoms with Gasteiger partial charge in [0, 0.05) is 18.4 Å². The Morgan fingerprint density at radius 1 is 1.19 bits per heavy atom. The van der Waals surface area contributed by atoms with Gasteiger partial charge in [0.1, 0.15) is 23.2 Å². The lowest BCUT2D eigenvalue weighted by Gasteiger charge is -2.19.